The standard InChI is InChI=1S/C15H31NS/c1-3-4-5-6-7-8-9-11-14(16)15(2)12-10-13-17-15/h14H,3-13,16H2,1-2H3. The summed E-state index contributed by atoms with van der Waals surface area (Å²) in [5.41, 5.74) is 6.35. The second-order valence-electron chi connectivity index (χ2n) is 5.78. The van der Waals surface area contributed by atoms with Gasteiger partial charge in [-0.05, 0) is 31.9 Å². The lowest BCUT2D eigenvalue weighted by Gasteiger charge is -2.30. The molecule has 0 bridgehead atoms. The van der Waals surface area contributed by atoms with Crippen molar-refractivity contribution < 1.29 is 0 Å². The molecule has 1 aliphatic heterocycles. The zero-order chi connectivity index (χ0) is 12.6. The molecule has 1 fully saturated rings. The molecule has 102 valence electrons. The first-order chi connectivity index (χ1) is 8.19. The molecular formula is C15H31NS. The normalized spacial score (nSPS) is 26.3. The third kappa shape index (κ3) is 5.65. The van der Waals surface area contributed by atoms with Crippen molar-refractivity contribution in [2.24, 2.45) is 5.73 Å². The van der Waals surface area contributed by atoms with Crippen molar-refractivity contribution >= 4 is 11.8 Å². The average Bonchev–Trinajstić information content (AvgIpc) is 2.76. The summed E-state index contributed by atoms with van der Waals surface area (Å²) in [5, 5.41) is 0. The van der Waals surface area contributed by atoms with Crippen molar-refractivity contribution in [1.82, 2.24) is 0 Å². The summed E-state index contributed by atoms with van der Waals surface area (Å²) in [6.07, 6.45) is 13.7. The number of thioether (sulfide) groups is 1. The van der Waals surface area contributed by atoms with E-state index in [9.17, 15) is 0 Å². The molecule has 0 aliphatic carbocycles. The van der Waals surface area contributed by atoms with Gasteiger partial charge < -0.3 is 5.73 Å². The van der Waals surface area contributed by atoms with Gasteiger partial charge in [0.25, 0.3) is 0 Å². The molecule has 0 spiro atoms. The molecule has 2 heteroatoms. The van der Waals surface area contributed by atoms with E-state index >= 15 is 0 Å². The average molecular weight is 257 g/mol. The van der Waals surface area contributed by atoms with Crippen molar-refractivity contribution in [3.63, 3.8) is 0 Å². The minimum Gasteiger partial charge on any atom is -0.326 e. The van der Waals surface area contributed by atoms with Gasteiger partial charge >= 0.3 is 0 Å². The van der Waals surface area contributed by atoms with Crippen LogP contribution in [-0.2, 0) is 0 Å². The summed E-state index contributed by atoms with van der Waals surface area (Å²) in [5.74, 6) is 1.32. The monoisotopic (exact) mass is 257 g/mol. The van der Waals surface area contributed by atoms with E-state index < -0.39 is 0 Å². The predicted molar refractivity (Wildman–Crippen MR) is 80.7 cm³/mol. The summed E-state index contributed by atoms with van der Waals surface area (Å²) in [6, 6.07) is 0.422. The highest BCUT2D eigenvalue weighted by Gasteiger charge is 2.34. The minimum absolute atomic E-state index is 0.391. The summed E-state index contributed by atoms with van der Waals surface area (Å²) < 4.78 is 0.391. The Balaban J connectivity index is 1.98. The van der Waals surface area contributed by atoms with E-state index in [0.717, 1.165) is 0 Å². The molecule has 0 saturated carbocycles. The highest BCUT2D eigenvalue weighted by atomic mass is 32.2. The first-order valence-electron chi connectivity index (χ1n) is 7.58. The maximum Gasteiger partial charge on any atom is 0.0283 e. The second-order valence-corrected chi connectivity index (χ2v) is 7.41. The molecule has 1 nitrogen and oxygen atoms in total. The molecular weight excluding hydrogens is 226 g/mol. The Morgan fingerprint density at radius 1 is 1.12 bits per heavy atom. The first-order valence-corrected chi connectivity index (χ1v) is 8.57. The molecule has 1 heterocycles. The smallest absolute Gasteiger partial charge is 0.0283 e. The van der Waals surface area contributed by atoms with Gasteiger partial charge in [0.15, 0.2) is 0 Å². The van der Waals surface area contributed by atoms with Crippen molar-refractivity contribution in [3.8, 4) is 0 Å². The van der Waals surface area contributed by atoms with E-state index in [1.807, 2.05) is 0 Å². The van der Waals surface area contributed by atoms with Crippen LogP contribution in [0.4, 0.5) is 0 Å². The second kappa shape index (κ2) is 8.42. The van der Waals surface area contributed by atoms with Gasteiger partial charge in [0.1, 0.15) is 0 Å². The molecule has 0 amide bonds. The van der Waals surface area contributed by atoms with E-state index in [0.29, 0.717) is 10.8 Å². The van der Waals surface area contributed by atoms with Crippen LogP contribution < -0.4 is 5.73 Å². The highest BCUT2D eigenvalue weighted by molar-refractivity contribution is 8.00. The fourth-order valence-electron chi connectivity index (χ4n) is 2.72. The molecule has 0 aromatic heterocycles. The maximum absolute atomic E-state index is 6.35. The van der Waals surface area contributed by atoms with E-state index in [-0.39, 0.29) is 0 Å². The van der Waals surface area contributed by atoms with Gasteiger partial charge in [-0.25, -0.2) is 0 Å². The molecule has 2 atom stereocenters. The van der Waals surface area contributed by atoms with Crippen molar-refractivity contribution in [2.75, 3.05) is 5.75 Å². The van der Waals surface area contributed by atoms with Gasteiger partial charge in [0, 0.05) is 10.8 Å². The number of hydrogen-bond donors (Lipinski definition) is 1. The Labute approximate surface area is 112 Å². The molecule has 0 aromatic rings. The van der Waals surface area contributed by atoms with Crippen LogP contribution in [0, 0.1) is 0 Å². The molecule has 17 heavy (non-hydrogen) atoms. The van der Waals surface area contributed by atoms with E-state index in [1.165, 1.54) is 70.0 Å². The van der Waals surface area contributed by atoms with Gasteiger partial charge in [-0.1, -0.05) is 51.9 Å². The van der Waals surface area contributed by atoms with Crippen LogP contribution in [0.15, 0.2) is 0 Å². The van der Waals surface area contributed by atoms with Crippen LogP contribution in [0.2, 0.25) is 0 Å². The molecule has 1 aliphatic rings. The van der Waals surface area contributed by atoms with Crippen LogP contribution in [-0.4, -0.2) is 16.5 Å². The van der Waals surface area contributed by atoms with Crippen molar-refractivity contribution in [1.29, 1.82) is 0 Å². The fraction of sp³-hybridized carbons (Fsp3) is 1.00. The summed E-state index contributed by atoms with van der Waals surface area (Å²) in [4.78, 5) is 0. The van der Waals surface area contributed by atoms with E-state index in [2.05, 4.69) is 25.6 Å². The Morgan fingerprint density at radius 3 is 2.35 bits per heavy atom. The maximum atomic E-state index is 6.35. The number of nitrogens with two attached hydrogens (primary N) is 1. The van der Waals surface area contributed by atoms with Gasteiger partial charge in [0.05, 0.1) is 0 Å². The Bertz CT molecular complexity index is 187. The number of hydrogen-bond acceptors (Lipinski definition) is 2. The third-order valence-corrected chi connectivity index (χ3v) is 5.81. The molecule has 1 rings (SSSR count). The summed E-state index contributed by atoms with van der Waals surface area (Å²) in [7, 11) is 0. The Kier molecular flexibility index (Phi) is 7.61. The van der Waals surface area contributed by atoms with Crippen LogP contribution >= 0.6 is 11.8 Å². The molecule has 2 unspecified atom stereocenters. The third-order valence-electron chi connectivity index (χ3n) is 4.15. The lowest BCUT2D eigenvalue weighted by molar-refractivity contribution is 0.437. The summed E-state index contributed by atoms with van der Waals surface area (Å²) >= 11 is 2.10. The van der Waals surface area contributed by atoms with Crippen LogP contribution in [0.25, 0.3) is 0 Å². The van der Waals surface area contributed by atoms with Crippen molar-refractivity contribution in [2.45, 2.75) is 88.8 Å². The van der Waals surface area contributed by atoms with Gasteiger partial charge in [-0.15, -0.1) is 0 Å². The highest BCUT2D eigenvalue weighted by Crippen LogP contribution is 2.40. The predicted octanol–water partition coefficient (Wildman–Crippen LogP) is 4.74. The van der Waals surface area contributed by atoms with Crippen LogP contribution in [0.1, 0.15) is 78.1 Å². The molecule has 0 radical (unpaired) electrons. The van der Waals surface area contributed by atoms with Crippen molar-refractivity contribution in [3.05, 3.63) is 0 Å². The number of unbranched alkanes of at least 4 members (excludes halogenated alkanes) is 6. The molecule has 0 aromatic carbocycles. The van der Waals surface area contributed by atoms with Crippen LogP contribution in [0.3, 0.4) is 0 Å². The quantitative estimate of drug-likeness (QED) is 0.604. The van der Waals surface area contributed by atoms with Gasteiger partial charge in [0.2, 0.25) is 0 Å². The Morgan fingerprint density at radius 2 is 1.76 bits per heavy atom. The fourth-order valence-corrected chi connectivity index (χ4v) is 4.10. The molecule has 1 saturated heterocycles. The summed E-state index contributed by atoms with van der Waals surface area (Å²) in [6.45, 7) is 4.65. The lowest BCUT2D eigenvalue weighted by Crippen LogP contribution is -2.41. The van der Waals surface area contributed by atoms with Crippen LogP contribution in [0.5, 0.6) is 0 Å². The SMILES string of the molecule is CCCCCCCCCC(N)C1(C)CCCS1. The lowest BCUT2D eigenvalue weighted by atomic mass is 9.92. The molecule has 2 N–H and O–H groups in total. The van der Waals surface area contributed by atoms with Gasteiger partial charge in [-0.2, -0.15) is 11.8 Å². The Hall–Kier alpha value is 0.310. The topological polar surface area (TPSA) is 26.0 Å². The largest absolute Gasteiger partial charge is 0.326 e. The van der Waals surface area contributed by atoms with Gasteiger partial charge in [-0.3, -0.25) is 0 Å². The zero-order valence-corrected chi connectivity index (χ0v) is 12.7. The van der Waals surface area contributed by atoms with E-state index in [1.54, 1.807) is 0 Å². The van der Waals surface area contributed by atoms with E-state index in [4.69, 9.17) is 5.73 Å². The first kappa shape index (κ1) is 15.4. The minimum atomic E-state index is 0.391. The zero-order valence-electron chi connectivity index (χ0n) is 11.8. The number of rotatable bonds is 9.